The SMILES string of the molecule is O=C(O)C1CCCN(C(=O)OCC2c3ccccc3-c3ccccc32)C1. The molecule has 0 aromatic heterocycles. The molecule has 2 aromatic rings. The fourth-order valence-corrected chi connectivity index (χ4v) is 4.03. The summed E-state index contributed by atoms with van der Waals surface area (Å²) in [4.78, 5) is 25.2. The molecule has 0 bridgehead atoms. The van der Waals surface area contributed by atoms with Gasteiger partial charge in [-0.05, 0) is 35.1 Å². The molecule has 1 heterocycles. The van der Waals surface area contributed by atoms with E-state index in [0.29, 0.717) is 19.4 Å². The molecule has 1 fully saturated rings. The van der Waals surface area contributed by atoms with Gasteiger partial charge in [0.05, 0.1) is 5.92 Å². The molecule has 2 aliphatic rings. The van der Waals surface area contributed by atoms with Crippen LogP contribution < -0.4 is 0 Å². The Balaban J connectivity index is 1.48. The number of carboxylic acid groups (broad SMARTS) is 1. The van der Waals surface area contributed by atoms with E-state index in [4.69, 9.17) is 4.74 Å². The first-order valence-electron chi connectivity index (χ1n) is 8.98. The lowest BCUT2D eigenvalue weighted by Gasteiger charge is -2.30. The highest BCUT2D eigenvalue weighted by atomic mass is 16.6. The van der Waals surface area contributed by atoms with Gasteiger partial charge >= 0.3 is 12.1 Å². The van der Waals surface area contributed by atoms with Gasteiger partial charge < -0.3 is 14.7 Å². The molecule has 1 aliphatic carbocycles. The van der Waals surface area contributed by atoms with E-state index in [1.54, 1.807) is 0 Å². The lowest BCUT2D eigenvalue weighted by Crippen LogP contribution is -2.42. The van der Waals surface area contributed by atoms with Crippen LogP contribution in [0.3, 0.4) is 0 Å². The van der Waals surface area contributed by atoms with E-state index in [1.165, 1.54) is 27.2 Å². The molecule has 5 nitrogen and oxygen atoms in total. The number of carbonyl (C=O) groups excluding carboxylic acids is 1. The summed E-state index contributed by atoms with van der Waals surface area (Å²) in [6, 6.07) is 16.4. The molecule has 0 saturated carbocycles. The summed E-state index contributed by atoms with van der Waals surface area (Å²) in [6.45, 7) is 1.05. The van der Waals surface area contributed by atoms with Gasteiger partial charge in [0.15, 0.2) is 0 Å². The second-order valence-electron chi connectivity index (χ2n) is 6.93. The third-order valence-corrected chi connectivity index (χ3v) is 5.36. The van der Waals surface area contributed by atoms with Gasteiger partial charge in [0.1, 0.15) is 6.61 Å². The molecule has 4 rings (SSSR count). The van der Waals surface area contributed by atoms with Gasteiger partial charge in [-0.15, -0.1) is 0 Å². The lowest BCUT2D eigenvalue weighted by atomic mass is 9.98. The van der Waals surface area contributed by atoms with E-state index in [2.05, 4.69) is 24.3 Å². The van der Waals surface area contributed by atoms with Gasteiger partial charge in [0.2, 0.25) is 0 Å². The Kier molecular flexibility index (Phi) is 4.37. The van der Waals surface area contributed by atoms with E-state index in [9.17, 15) is 14.7 Å². The zero-order chi connectivity index (χ0) is 18.1. The monoisotopic (exact) mass is 351 g/mol. The standard InChI is InChI=1S/C21H21NO4/c23-20(24)14-6-5-11-22(12-14)21(25)26-13-19-17-9-3-1-7-15(17)16-8-2-4-10-18(16)19/h1-4,7-10,14,19H,5-6,11-13H2,(H,23,24). The maximum Gasteiger partial charge on any atom is 0.409 e. The fraction of sp³-hybridized carbons (Fsp3) is 0.333. The summed E-state index contributed by atoms with van der Waals surface area (Å²) < 4.78 is 5.60. The maximum atomic E-state index is 12.5. The summed E-state index contributed by atoms with van der Waals surface area (Å²) >= 11 is 0. The summed E-state index contributed by atoms with van der Waals surface area (Å²) in [5.41, 5.74) is 4.72. The molecular weight excluding hydrogens is 330 g/mol. The van der Waals surface area contributed by atoms with Gasteiger partial charge in [-0.3, -0.25) is 4.79 Å². The topological polar surface area (TPSA) is 66.8 Å². The van der Waals surface area contributed by atoms with Crippen LogP contribution >= 0.6 is 0 Å². The van der Waals surface area contributed by atoms with Crippen LogP contribution in [0, 0.1) is 5.92 Å². The highest BCUT2D eigenvalue weighted by Gasteiger charge is 2.32. The Morgan fingerprint density at radius 1 is 1.04 bits per heavy atom. The number of aliphatic carboxylic acids is 1. The van der Waals surface area contributed by atoms with Crippen molar-refractivity contribution in [2.75, 3.05) is 19.7 Å². The van der Waals surface area contributed by atoms with Crippen molar-refractivity contribution in [2.45, 2.75) is 18.8 Å². The average molecular weight is 351 g/mol. The average Bonchev–Trinajstić information content (AvgIpc) is 3.00. The first kappa shape index (κ1) is 16.6. The number of rotatable bonds is 3. The van der Waals surface area contributed by atoms with Crippen molar-refractivity contribution in [1.82, 2.24) is 4.90 Å². The van der Waals surface area contributed by atoms with Crippen molar-refractivity contribution < 1.29 is 19.4 Å². The number of carboxylic acids is 1. The van der Waals surface area contributed by atoms with Gasteiger partial charge in [-0.25, -0.2) is 4.79 Å². The smallest absolute Gasteiger partial charge is 0.409 e. The first-order chi connectivity index (χ1) is 12.6. The molecule has 1 N–H and O–H groups in total. The first-order valence-corrected chi connectivity index (χ1v) is 8.98. The minimum absolute atomic E-state index is 0.0198. The van der Waals surface area contributed by atoms with Gasteiger partial charge in [-0.1, -0.05) is 48.5 Å². The number of likely N-dealkylation sites (tertiary alicyclic amines) is 1. The molecule has 26 heavy (non-hydrogen) atoms. The van der Waals surface area contributed by atoms with Gasteiger partial charge in [0, 0.05) is 19.0 Å². The molecule has 2 aromatic carbocycles. The Morgan fingerprint density at radius 2 is 1.65 bits per heavy atom. The molecule has 1 saturated heterocycles. The number of amides is 1. The quantitative estimate of drug-likeness (QED) is 0.915. The molecule has 1 atom stereocenters. The molecule has 0 radical (unpaired) electrons. The third kappa shape index (κ3) is 2.94. The number of ether oxygens (including phenoxy) is 1. The number of benzene rings is 2. The molecule has 0 spiro atoms. The van der Waals surface area contributed by atoms with E-state index < -0.39 is 18.0 Å². The van der Waals surface area contributed by atoms with Crippen LogP contribution in [0.2, 0.25) is 0 Å². The predicted octanol–water partition coefficient (Wildman–Crippen LogP) is 3.73. The molecule has 1 aliphatic heterocycles. The van der Waals surface area contributed by atoms with Crippen LogP contribution in [0.5, 0.6) is 0 Å². The van der Waals surface area contributed by atoms with Crippen LogP contribution in [0.1, 0.15) is 29.9 Å². The number of fused-ring (bicyclic) bond motifs is 3. The largest absolute Gasteiger partial charge is 0.481 e. The van der Waals surface area contributed by atoms with Crippen molar-refractivity contribution in [2.24, 2.45) is 5.92 Å². The second-order valence-corrected chi connectivity index (χ2v) is 6.93. The Labute approximate surface area is 152 Å². The number of piperidine rings is 1. The number of hydrogen-bond donors (Lipinski definition) is 1. The molecular formula is C21H21NO4. The van der Waals surface area contributed by atoms with Crippen LogP contribution in [-0.2, 0) is 9.53 Å². The van der Waals surface area contributed by atoms with E-state index in [0.717, 1.165) is 0 Å². The predicted molar refractivity (Wildman–Crippen MR) is 97.0 cm³/mol. The molecule has 1 unspecified atom stereocenters. The minimum Gasteiger partial charge on any atom is -0.481 e. The molecule has 134 valence electrons. The lowest BCUT2D eigenvalue weighted by molar-refractivity contribution is -0.143. The maximum absolute atomic E-state index is 12.5. The Morgan fingerprint density at radius 3 is 2.27 bits per heavy atom. The summed E-state index contributed by atoms with van der Waals surface area (Å²) in [7, 11) is 0. The van der Waals surface area contributed by atoms with Crippen molar-refractivity contribution in [3.63, 3.8) is 0 Å². The summed E-state index contributed by atoms with van der Waals surface area (Å²) in [5.74, 6) is -1.32. The highest BCUT2D eigenvalue weighted by molar-refractivity contribution is 5.79. The number of nitrogens with zero attached hydrogens (tertiary/aromatic N) is 1. The summed E-state index contributed by atoms with van der Waals surface area (Å²) in [6.07, 6.45) is 0.890. The van der Waals surface area contributed by atoms with Crippen molar-refractivity contribution in [3.8, 4) is 11.1 Å². The van der Waals surface area contributed by atoms with Crippen LogP contribution in [0.25, 0.3) is 11.1 Å². The normalized spacial score (nSPS) is 18.9. The van der Waals surface area contributed by atoms with Crippen molar-refractivity contribution >= 4 is 12.1 Å². The molecule has 1 amide bonds. The van der Waals surface area contributed by atoms with Crippen molar-refractivity contribution in [1.29, 1.82) is 0 Å². The fourth-order valence-electron chi connectivity index (χ4n) is 4.03. The highest BCUT2D eigenvalue weighted by Crippen LogP contribution is 2.44. The summed E-state index contributed by atoms with van der Waals surface area (Å²) in [5, 5.41) is 9.18. The van der Waals surface area contributed by atoms with E-state index in [1.807, 2.05) is 24.3 Å². The number of hydrogen-bond acceptors (Lipinski definition) is 3. The number of carbonyl (C=O) groups is 2. The van der Waals surface area contributed by atoms with Gasteiger partial charge in [0.25, 0.3) is 0 Å². The minimum atomic E-state index is -0.846. The zero-order valence-corrected chi connectivity index (χ0v) is 14.4. The Bertz CT molecular complexity index is 802. The van der Waals surface area contributed by atoms with Gasteiger partial charge in [-0.2, -0.15) is 0 Å². The van der Waals surface area contributed by atoms with E-state index in [-0.39, 0.29) is 19.1 Å². The van der Waals surface area contributed by atoms with E-state index >= 15 is 0 Å². The third-order valence-electron chi connectivity index (χ3n) is 5.36. The van der Waals surface area contributed by atoms with Crippen LogP contribution in [0.4, 0.5) is 4.79 Å². The zero-order valence-electron chi connectivity index (χ0n) is 14.4. The van der Waals surface area contributed by atoms with Crippen LogP contribution in [-0.4, -0.2) is 41.8 Å². The van der Waals surface area contributed by atoms with Crippen molar-refractivity contribution in [3.05, 3.63) is 59.7 Å². The van der Waals surface area contributed by atoms with Crippen LogP contribution in [0.15, 0.2) is 48.5 Å². The second kappa shape index (κ2) is 6.83. The molecule has 5 heteroatoms. The Hall–Kier alpha value is -2.82.